The average molecular weight is 337 g/mol. The molecule has 0 bridgehead atoms. The number of hydrogen-bond acceptors (Lipinski definition) is 4. The van der Waals surface area contributed by atoms with Crippen molar-refractivity contribution in [1.29, 1.82) is 0 Å². The molecule has 1 aliphatic carbocycles. The van der Waals surface area contributed by atoms with Gasteiger partial charge in [-0.2, -0.15) is 5.10 Å². The number of benzene rings is 1. The van der Waals surface area contributed by atoms with Crippen molar-refractivity contribution in [3.8, 4) is 0 Å². The summed E-state index contributed by atoms with van der Waals surface area (Å²) in [6, 6.07) is 11.1. The van der Waals surface area contributed by atoms with Gasteiger partial charge in [0, 0.05) is 36.9 Å². The first-order chi connectivity index (χ1) is 12.3. The molecule has 4 rings (SSSR count). The lowest BCUT2D eigenvalue weighted by Gasteiger charge is -2.28. The number of ether oxygens (including phenoxy) is 1. The average Bonchev–Trinajstić information content (AvgIpc) is 3.09. The number of pyridine rings is 1. The van der Waals surface area contributed by atoms with Gasteiger partial charge in [0.05, 0.1) is 18.2 Å². The smallest absolute Gasteiger partial charge is 0.0704 e. The minimum atomic E-state index is 0.412. The van der Waals surface area contributed by atoms with Gasteiger partial charge >= 0.3 is 0 Å². The Morgan fingerprint density at radius 1 is 1.20 bits per heavy atom. The normalized spacial score (nSPS) is 25.8. The van der Waals surface area contributed by atoms with Gasteiger partial charge in [-0.15, -0.1) is 0 Å². The summed E-state index contributed by atoms with van der Waals surface area (Å²) in [7, 11) is 1.79. The summed E-state index contributed by atoms with van der Waals surface area (Å²) in [5.41, 5.74) is 3.73. The number of rotatable bonds is 4. The topological polar surface area (TPSA) is 37.7 Å². The molecule has 2 aromatic rings. The van der Waals surface area contributed by atoms with E-state index in [1.54, 1.807) is 7.11 Å². The van der Waals surface area contributed by atoms with Gasteiger partial charge in [0.2, 0.25) is 0 Å². The van der Waals surface area contributed by atoms with E-state index in [-0.39, 0.29) is 0 Å². The van der Waals surface area contributed by atoms with Crippen molar-refractivity contribution in [3.05, 3.63) is 42.1 Å². The SMILES string of the molecule is COC[C@H]1CCCN1/N=C1\CCCCC1c1cnc2ccccc2c1. The van der Waals surface area contributed by atoms with Crippen molar-refractivity contribution >= 4 is 16.6 Å². The molecule has 0 N–H and O–H groups in total. The third-order valence-electron chi connectivity index (χ3n) is 5.55. The van der Waals surface area contributed by atoms with Gasteiger partial charge in [-0.05, 0) is 49.8 Å². The highest BCUT2D eigenvalue weighted by atomic mass is 16.5. The van der Waals surface area contributed by atoms with Gasteiger partial charge < -0.3 is 4.74 Å². The van der Waals surface area contributed by atoms with Gasteiger partial charge in [0.15, 0.2) is 0 Å². The Kier molecular flexibility index (Phi) is 4.97. The van der Waals surface area contributed by atoms with Crippen LogP contribution in [0.3, 0.4) is 0 Å². The van der Waals surface area contributed by atoms with E-state index in [0.717, 1.165) is 25.1 Å². The summed E-state index contributed by atoms with van der Waals surface area (Å²) < 4.78 is 5.38. The number of para-hydroxylation sites is 1. The van der Waals surface area contributed by atoms with Crippen molar-refractivity contribution < 1.29 is 4.74 Å². The molecule has 2 atom stereocenters. The second kappa shape index (κ2) is 7.52. The number of hydrogen-bond donors (Lipinski definition) is 0. The molecule has 0 amide bonds. The Balaban J connectivity index is 1.62. The standard InChI is InChI=1S/C21H27N3O/c1-25-15-18-8-6-12-24(18)23-21-11-5-3-9-19(21)17-13-16-7-2-4-10-20(16)22-14-17/h2,4,7,10,13-14,18-19H,3,5-6,8-9,11-12,15H2,1H3/b23-21+/t18-,19?/m1/s1. The molecule has 4 nitrogen and oxygen atoms in total. The second-order valence-corrected chi connectivity index (χ2v) is 7.27. The van der Waals surface area contributed by atoms with E-state index in [1.807, 2.05) is 6.07 Å². The van der Waals surface area contributed by atoms with Crippen LogP contribution in [-0.2, 0) is 4.74 Å². The molecule has 2 aliphatic rings. The summed E-state index contributed by atoms with van der Waals surface area (Å²) in [6.07, 6.45) is 9.27. The van der Waals surface area contributed by atoms with E-state index in [0.29, 0.717) is 12.0 Å². The molecule has 0 radical (unpaired) electrons. The Labute approximate surface area is 149 Å². The van der Waals surface area contributed by atoms with Crippen LogP contribution in [0.2, 0.25) is 0 Å². The minimum Gasteiger partial charge on any atom is -0.382 e. The Morgan fingerprint density at radius 3 is 3.04 bits per heavy atom. The van der Waals surface area contributed by atoms with Crippen LogP contribution in [0.5, 0.6) is 0 Å². The number of fused-ring (bicyclic) bond motifs is 1. The van der Waals surface area contributed by atoms with Crippen LogP contribution in [0.1, 0.15) is 50.0 Å². The largest absolute Gasteiger partial charge is 0.382 e. The molecular formula is C21H27N3O. The van der Waals surface area contributed by atoms with Crippen LogP contribution >= 0.6 is 0 Å². The van der Waals surface area contributed by atoms with Gasteiger partial charge in [-0.25, -0.2) is 0 Å². The Bertz CT molecular complexity index is 758. The van der Waals surface area contributed by atoms with E-state index in [9.17, 15) is 0 Å². The summed E-state index contributed by atoms with van der Waals surface area (Å²) in [5, 5.41) is 8.62. The fourth-order valence-electron chi connectivity index (χ4n) is 4.23. The fraction of sp³-hybridized carbons (Fsp3) is 0.524. The van der Waals surface area contributed by atoms with Gasteiger partial charge in [-0.1, -0.05) is 24.6 Å². The maximum atomic E-state index is 5.38. The molecular weight excluding hydrogens is 310 g/mol. The highest BCUT2D eigenvalue weighted by Gasteiger charge is 2.27. The van der Waals surface area contributed by atoms with Crippen LogP contribution < -0.4 is 0 Å². The van der Waals surface area contributed by atoms with Crippen molar-refractivity contribution in [2.45, 2.75) is 50.5 Å². The lowest BCUT2D eigenvalue weighted by atomic mass is 9.82. The molecule has 132 valence electrons. The molecule has 1 saturated carbocycles. The maximum Gasteiger partial charge on any atom is 0.0704 e. The third-order valence-corrected chi connectivity index (χ3v) is 5.55. The van der Waals surface area contributed by atoms with E-state index in [1.165, 1.54) is 48.8 Å². The fourth-order valence-corrected chi connectivity index (χ4v) is 4.23. The van der Waals surface area contributed by atoms with E-state index < -0.39 is 0 Å². The molecule has 0 spiro atoms. The molecule has 1 saturated heterocycles. The highest BCUT2D eigenvalue weighted by Crippen LogP contribution is 2.33. The predicted molar refractivity (Wildman–Crippen MR) is 102 cm³/mol. The zero-order valence-electron chi connectivity index (χ0n) is 15.0. The lowest BCUT2D eigenvalue weighted by Crippen LogP contribution is -2.31. The molecule has 2 heterocycles. The quantitative estimate of drug-likeness (QED) is 0.832. The van der Waals surface area contributed by atoms with Crippen LogP contribution in [0, 0.1) is 0 Å². The molecule has 1 aromatic heterocycles. The van der Waals surface area contributed by atoms with Crippen molar-refractivity contribution in [1.82, 2.24) is 9.99 Å². The van der Waals surface area contributed by atoms with Gasteiger partial charge in [0.1, 0.15) is 0 Å². The zero-order chi connectivity index (χ0) is 17.1. The zero-order valence-corrected chi connectivity index (χ0v) is 15.0. The molecule has 2 fully saturated rings. The maximum absolute atomic E-state index is 5.38. The van der Waals surface area contributed by atoms with Crippen molar-refractivity contribution in [3.63, 3.8) is 0 Å². The number of aromatic nitrogens is 1. The second-order valence-electron chi connectivity index (χ2n) is 7.27. The van der Waals surface area contributed by atoms with E-state index in [2.05, 4.69) is 40.5 Å². The first kappa shape index (κ1) is 16.5. The summed E-state index contributed by atoms with van der Waals surface area (Å²) >= 11 is 0. The molecule has 4 heteroatoms. The first-order valence-electron chi connectivity index (χ1n) is 9.53. The number of methoxy groups -OCH3 is 1. The predicted octanol–water partition coefficient (Wildman–Crippen LogP) is 4.36. The van der Waals surface area contributed by atoms with Gasteiger partial charge in [0.25, 0.3) is 0 Å². The van der Waals surface area contributed by atoms with Gasteiger partial charge in [-0.3, -0.25) is 9.99 Å². The molecule has 1 aromatic carbocycles. The highest BCUT2D eigenvalue weighted by molar-refractivity contribution is 5.92. The lowest BCUT2D eigenvalue weighted by molar-refractivity contribution is 0.117. The Morgan fingerprint density at radius 2 is 2.12 bits per heavy atom. The molecule has 25 heavy (non-hydrogen) atoms. The van der Waals surface area contributed by atoms with Crippen LogP contribution in [-0.4, -0.2) is 42.0 Å². The summed E-state index contributed by atoms with van der Waals surface area (Å²) in [5.74, 6) is 0.412. The van der Waals surface area contributed by atoms with Crippen LogP contribution in [0.4, 0.5) is 0 Å². The summed E-state index contributed by atoms with van der Waals surface area (Å²) in [4.78, 5) is 4.68. The monoisotopic (exact) mass is 337 g/mol. The Hall–Kier alpha value is -1.94. The third kappa shape index (κ3) is 3.54. The van der Waals surface area contributed by atoms with Crippen molar-refractivity contribution in [2.24, 2.45) is 5.10 Å². The number of nitrogens with zero attached hydrogens (tertiary/aromatic N) is 3. The summed E-state index contributed by atoms with van der Waals surface area (Å²) in [6.45, 7) is 1.83. The molecule has 1 aliphatic heterocycles. The van der Waals surface area contributed by atoms with E-state index in [4.69, 9.17) is 9.84 Å². The first-order valence-corrected chi connectivity index (χ1v) is 9.53. The van der Waals surface area contributed by atoms with E-state index >= 15 is 0 Å². The molecule has 1 unspecified atom stereocenters. The van der Waals surface area contributed by atoms with Crippen LogP contribution in [0.15, 0.2) is 41.6 Å². The minimum absolute atomic E-state index is 0.412. The van der Waals surface area contributed by atoms with Crippen molar-refractivity contribution in [2.75, 3.05) is 20.3 Å². The number of hydrazone groups is 1. The van der Waals surface area contributed by atoms with Crippen LogP contribution in [0.25, 0.3) is 10.9 Å².